The van der Waals surface area contributed by atoms with E-state index in [-0.39, 0.29) is 47.3 Å². The average Bonchev–Trinajstić information content (AvgIpc) is 3.74. The third-order valence-corrected chi connectivity index (χ3v) is 11.9. The minimum absolute atomic E-state index is 0.0671. The van der Waals surface area contributed by atoms with Crippen LogP contribution in [0.1, 0.15) is 87.4 Å². The van der Waals surface area contributed by atoms with E-state index in [0.717, 1.165) is 42.9 Å². The van der Waals surface area contributed by atoms with E-state index >= 15 is 0 Å². The minimum Gasteiger partial charge on any atom is -0.444 e. The zero-order valence-corrected chi connectivity index (χ0v) is 37.5. The number of alkyl halides is 2. The summed E-state index contributed by atoms with van der Waals surface area (Å²) >= 11 is 0. The normalized spacial score (nSPS) is 17.9. The largest absolute Gasteiger partial charge is 0.444 e. The Labute approximate surface area is 390 Å². The highest BCUT2D eigenvalue weighted by atomic mass is 19.3. The van der Waals surface area contributed by atoms with Crippen molar-refractivity contribution in [2.75, 3.05) is 69.8 Å². The summed E-state index contributed by atoms with van der Waals surface area (Å²) in [4.78, 5) is 74.6. The molecule has 2 saturated heterocycles. The molecule has 0 spiro atoms. The molecule has 2 aromatic carbocycles. The number of rotatable bonds is 24. The van der Waals surface area contributed by atoms with Gasteiger partial charge in [0.2, 0.25) is 17.7 Å². The van der Waals surface area contributed by atoms with Crippen LogP contribution in [0.5, 0.6) is 0 Å². The van der Waals surface area contributed by atoms with Gasteiger partial charge >= 0.3 is 0 Å². The number of allylic oxidation sites excluding steroid dienone is 3. The first-order chi connectivity index (χ1) is 33.0. The van der Waals surface area contributed by atoms with Crippen LogP contribution in [-0.2, 0) is 25.6 Å². The Morgan fingerprint density at radius 3 is 2.50 bits per heavy atom. The molecule has 5 amide bonds. The molecule has 5 N–H and O–H groups in total. The number of hydrogen-bond donors (Lipinski definition) is 5. The summed E-state index contributed by atoms with van der Waals surface area (Å²) in [5, 5.41) is 18.7. The maximum Gasteiger partial charge on any atom is 0.284 e. The molecule has 0 bridgehead atoms. The zero-order valence-electron chi connectivity index (χ0n) is 37.5. The molecular weight excluding hydrogens is 885 g/mol. The third-order valence-electron chi connectivity index (χ3n) is 11.9. The molecule has 19 nitrogen and oxygen atoms in total. The number of oxazole rings is 1. The number of carbonyl (C=O) groups is 5. The lowest BCUT2D eigenvalue weighted by molar-refractivity contribution is -0.136. The Kier molecular flexibility index (Phi) is 15.2. The second kappa shape index (κ2) is 21.8. The molecule has 21 heteroatoms. The maximum absolute atomic E-state index is 14.1. The Morgan fingerprint density at radius 1 is 1.01 bits per heavy atom. The van der Waals surface area contributed by atoms with E-state index in [0.29, 0.717) is 68.2 Å². The number of imide groups is 2. The van der Waals surface area contributed by atoms with Crippen LogP contribution >= 0.6 is 0 Å². The first-order valence-corrected chi connectivity index (χ1v) is 22.5. The van der Waals surface area contributed by atoms with Crippen LogP contribution in [0.25, 0.3) is 11.3 Å². The van der Waals surface area contributed by atoms with Crippen molar-refractivity contribution in [1.29, 1.82) is 0 Å². The molecule has 8 rings (SSSR count). The van der Waals surface area contributed by atoms with E-state index in [9.17, 15) is 32.8 Å². The lowest BCUT2D eigenvalue weighted by Crippen LogP contribution is -2.55. The van der Waals surface area contributed by atoms with Crippen LogP contribution in [0.4, 0.5) is 20.2 Å². The fourth-order valence-corrected chi connectivity index (χ4v) is 7.91. The summed E-state index contributed by atoms with van der Waals surface area (Å²) in [6, 6.07) is 11.4. The number of aromatic nitrogens is 3. The van der Waals surface area contributed by atoms with Crippen LogP contribution in [0, 0.1) is 5.92 Å². The van der Waals surface area contributed by atoms with Gasteiger partial charge in [0.25, 0.3) is 24.1 Å². The topological polar surface area (TPSA) is 227 Å². The number of nitrogens with zero attached hydrogens (tertiary/aromatic N) is 6. The fraction of sp³-hybridized carbons (Fsp3) is 0.404. The molecule has 1 atom stereocenters. The monoisotopic (exact) mass is 937 g/mol. The van der Waals surface area contributed by atoms with Gasteiger partial charge in [0.05, 0.1) is 61.2 Å². The van der Waals surface area contributed by atoms with Crippen molar-refractivity contribution in [1.82, 2.24) is 40.5 Å². The van der Waals surface area contributed by atoms with E-state index in [4.69, 9.17) is 13.9 Å². The van der Waals surface area contributed by atoms with Crippen molar-refractivity contribution < 1.29 is 46.6 Å². The van der Waals surface area contributed by atoms with Crippen molar-refractivity contribution in [3.05, 3.63) is 107 Å². The number of ether oxygens (including phenoxy) is 2. The van der Waals surface area contributed by atoms with Gasteiger partial charge in [-0.25, -0.2) is 23.4 Å². The van der Waals surface area contributed by atoms with Crippen molar-refractivity contribution >= 4 is 53.2 Å². The smallest absolute Gasteiger partial charge is 0.284 e. The van der Waals surface area contributed by atoms with E-state index < -0.39 is 47.7 Å². The van der Waals surface area contributed by atoms with Crippen LogP contribution < -0.4 is 26.6 Å². The summed E-state index contributed by atoms with van der Waals surface area (Å²) in [5.41, 5.74) is 2.40. The van der Waals surface area contributed by atoms with Gasteiger partial charge in [-0.05, 0) is 80.8 Å². The Balaban J connectivity index is 0.690. The van der Waals surface area contributed by atoms with Gasteiger partial charge in [0.15, 0.2) is 11.4 Å². The number of benzene rings is 2. The summed E-state index contributed by atoms with van der Waals surface area (Å²) in [7, 11) is 0. The Bertz CT molecular complexity index is 2580. The summed E-state index contributed by atoms with van der Waals surface area (Å²) in [5.74, 6) is -1.53. The first-order valence-electron chi connectivity index (χ1n) is 22.5. The minimum atomic E-state index is -2.95. The van der Waals surface area contributed by atoms with E-state index in [1.807, 2.05) is 12.1 Å². The van der Waals surface area contributed by atoms with Crippen LogP contribution in [0.3, 0.4) is 0 Å². The quantitative estimate of drug-likeness (QED) is 0.0286. The van der Waals surface area contributed by atoms with Gasteiger partial charge < -0.3 is 35.2 Å². The number of halogens is 2. The number of nitrogens with one attached hydrogen (secondary N) is 5. The van der Waals surface area contributed by atoms with Crippen molar-refractivity contribution in [3.63, 3.8) is 0 Å². The highest BCUT2D eigenvalue weighted by Gasteiger charge is 2.45. The molecule has 5 heterocycles. The highest BCUT2D eigenvalue weighted by Crippen LogP contribution is 2.32. The van der Waals surface area contributed by atoms with E-state index in [2.05, 4.69) is 53.3 Å². The molecule has 1 saturated carbocycles. The van der Waals surface area contributed by atoms with E-state index in [1.54, 1.807) is 49.4 Å². The molecule has 358 valence electrons. The molecule has 4 aromatic rings. The third kappa shape index (κ3) is 11.6. The number of likely N-dealkylation sites (tertiary alicyclic amines) is 1. The first kappa shape index (κ1) is 47.5. The fourth-order valence-electron chi connectivity index (χ4n) is 7.91. The maximum atomic E-state index is 14.1. The van der Waals surface area contributed by atoms with Crippen molar-refractivity contribution in [2.24, 2.45) is 10.9 Å². The standard InChI is InChI=1S/C47H53F2N11O8/c1-3-30(20-39(50-2)52-23-29-4-5-29)45-55-37(27-68-45)43(62)54-36-26-59(57-41(36)42(48)49)33-9-6-28(7-10-33)22-51-14-16-66-18-19-67-17-15-58-24-32(25-58)53-31-8-11-34-35(21-31)47(65)60(46(34)64)38-12-13-40(61)56-44(38)63/h3,6-11,20-21,26-27,29,32,38,42,51-53H,2,4-5,12-19,22-25H2,1H3,(H,54,62)(H,56,61,63)/b30-3+,39-20+. The number of aliphatic imine (C=N–C) groups is 1. The number of carbonyl (C=O) groups excluding carboxylic acids is 5. The van der Waals surface area contributed by atoms with Crippen LogP contribution in [0.15, 0.2) is 82.3 Å². The van der Waals surface area contributed by atoms with Gasteiger partial charge in [-0.2, -0.15) is 5.10 Å². The van der Waals surface area contributed by atoms with Gasteiger partial charge in [-0.15, -0.1) is 0 Å². The Hall–Kier alpha value is -6.94. The van der Waals surface area contributed by atoms with Crippen molar-refractivity contribution in [2.45, 2.75) is 57.7 Å². The van der Waals surface area contributed by atoms with Gasteiger partial charge in [0, 0.05) is 56.9 Å². The predicted octanol–water partition coefficient (Wildman–Crippen LogP) is 4.32. The second-order valence-electron chi connectivity index (χ2n) is 16.8. The molecule has 3 aliphatic heterocycles. The molecule has 3 fully saturated rings. The van der Waals surface area contributed by atoms with Crippen LogP contribution in [-0.4, -0.2) is 132 Å². The molecule has 1 aliphatic carbocycles. The van der Waals surface area contributed by atoms with Crippen molar-refractivity contribution in [3.8, 4) is 5.69 Å². The number of fused-ring (bicyclic) bond motifs is 1. The lowest BCUT2D eigenvalue weighted by Gasteiger charge is -2.40. The molecule has 68 heavy (non-hydrogen) atoms. The molecule has 1 unspecified atom stereocenters. The average molecular weight is 938 g/mol. The summed E-state index contributed by atoms with van der Waals surface area (Å²) in [6.45, 7) is 11.5. The summed E-state index contributed by atoms with van der Waals surface area (Å²) in [6.07, 6.45) is 5.53. The van der Waals surface area contributed by atoms with Gasteiger partial charge in [0.1, 0.15) is 18.1 Å². The lowest BCUT2D eigenvalue weighted by atomic mass is 10.0. The van der Waals surface area contributed by atoms with Gasteiger partial charge in [-0.1, -0.05) is 18.2 Å². The summed E-state index contributed by atoms with van der Waals surface area (Å²) < 4.78 is 46.4. The number of hydrogen-bond acceptors (Lipinski definition) is 15. The number of anilines is 2. The molecular formula is C47H53F2N11O8. The van der Waals surface area contributed by atoms with E-state index in [1.165, 1.54) is 23.7 Å². The Morgan fingerprint density at radius 2 is 1.78 bits per heavy atom. The second-order valence-corrected chi connectivity index (χ2v) is 16.8. The molecule has 0 radical (unpaired) electrons. The highest BCUT2D eigenvalue weighted by molar-refractivity contribution is 6.23. The number of amides is 5. The zero-order chi connectivity index (χ0) is 47.7. The number of piperidine rings is 1. The SMILES string of the molecule is C=N/C(=C\C(=C/C)c1nc(C(=O)Nc2cn(-c3ccc(CNCCOCCOCCN4CC(Nc5ccc6c(c5)C(=O)N(C5CCC(=O)NC5=O)C6=O)C4)cc3)nc2C(F)F)co1)NCC1CC1. The molecule has 2 aromatic heterocycles. The molecule has 4 aliphatic rings. The predicted molar refractivity (Wildman–Crippen MR) is 245 cm³/mol. The van der Waals surface area contributed by atoms with Gasteiger partial charge in [-0.3, -0.25) is 39.1 Å². The van der Waals surface area contributed by atoms with Crippen LogP contribution in [0.2, 0.25) is 0 Å².